The first-order chi connectivity index (χ1) is 14.9. The van der Waals surface area contributed by atoms with Crippen LogP contribution in [0.1, 0.15) is 19.4 Å². The van der Waals surface area contributed by atoms with Crippen LogP contribution in [0.25, 0.3) is 11.3 Å². The van der Waals surface area contributed by atoms with E-state index >= 15 is 0 Å². The van der Waals surface area contributed by atoms with Crippen LogP contribution in [0.15, 0.2) is 59.8 Å². The van der Waals surface area contributed by atoms with Crippen molar-refractivity contribution in [3.05, 3.63) is 60.4 Å². The molecule has 1 aromatic heterocycles. The van der Waals surface area contributed by atoms with E-state index in [9.17, 15) is 8.42 Å². The minimum atomic E-state index is -3.90. The van der Waals surface area contributed by atoms with Crippen LogP contribution in [0, 0.1) is 0 Å². The molecule has 1 aliphatic rings. The summed E-state index contributed by atoms with van der Waals surface area (Å²) < 4.78 is 39.5. The van der Waals surface area contributed by atoms with E-state index in [-0.39, 0.29) is 10.7 Å². The summed E-state index contributed by atoms with van der Waals surface area (Å²) >= 11 is 0. The van der Waals surface area contributed by atoms with Gasteiger partial charge in [-0.1, -0.05) is 38.1 Å². The topological polar surface area (TPSA) is 102 Å². The molecule has 0 bridgehead atoms. The summed E-state index contributed by atoms with van der Waals surface area (Å²) in [4.78, 5) is 8.62. The number of rotatable bonds is 7. The van der Waals surface area contributed by atoms with Crippen LogP contribution < -0.4 is 19.5 Å². The predicted octanol–water partition coefficient (Wildman–Crippen LogP) is 3.21. The minimum Gasteiger partial charge on any atom is -0.486 e. The molecule has 0 fully saturated rings. The van der Waals surface area contributed by atoms with Gasteiger partial charge in [0.15, 0.2) is 17.3 Å². The highest BCUT2D eigenvalue weighted by Gasteiger charge is 2.21. The molecule has 0 aliphatic carbocycles. The fourth-order valence-corrected chi connectivity index (χ4v) is 4.13. The molecule has 4 rings (SSSR count). The maximum absolute atomic E-state index is 13.0. The van der Waals surface area contributed by atoms with Crippen LogP contribution >= 0.6 is 0 Å². The van der Waals surface area contributed by atoms with E-state index in [4.69, 9.17) is 9.47 Å². The molecule has 0 atom stereocenters. The second-order valence-electron chi connectivity index (χ2n) is 7.40. The summed E-state index contributed by atoms with van der Waals surface area (Å²) in [6, 6.07) is 12.7. The van der Waals surface area contributed by atoms with Crippen molar-refractivity contribution in [2.24, 2.45) is 0 Å². The van der Waals surface area contributed by atoms with Gasteiger partial charge in [-0.15, -0.1) is 0 Å². The second kappa shape index (κ2) is 8.91. The largest absolute Gasteiger partial charge is 0.486 e. The summed E-state index contributed by atoms with van der Waals surface area (Å²) in [5, 5.41) is 3.36. The first-order valence-corrected chi connectivity index (χ1v) is 11.5. The van der Waals surface area contributed by atoms with Gasteiger partial charge in [0.1, 0.15) is 18.9 Å². The van der Waals surface area contributed by atoms with Gasteiger partial charge in [0.25, 0.3) is 10.0 Å². The molecule has 2 heterocycles. The Hall–Kier alpha value is -3.17. The first kappa shape index (κ1) is 21.1. The van der Waals surface area contributed by atoms with Crippen LogP contribution in [0.5, 0.6) is 11.5 Å². The lowest BCUT2D eigenvalue weighted by Gasteiger charge is -2.19. The molecular weight excluding hydrogens is 416 g/mol. The molecule has 162 valence electrons. The lowest BCUT2D eigenvalue weighted by Crippen LogP contribution is -2.21. The molecule has 0 amide bonds. The Bertz CT molecular complexity index is 1160. The van der Waals surface area contributed by atoms with Crippen molar-refractivity contribution in [2.75, 3.05) is 17.9 Å². The Labute approximate surface area is 181 Å². The first-order valence-electron chi connectivity index (χ1n) is 9.98. The number of benzene rings is 2. The number of anilines is 1. The molecule has 31 heavy (non-hydrogen) atoms. The van der Waals surface area contributed by atoms with Gasteiger partial charge >= 0.3 is 0 Å². The third-order valence-corrected chi connectivity index (χ3v) is 6.03. The van der Waals surface area contributed by atoms with E-state index in [2.05, 4.69) is 33.9 Å². The lowest BCUT2D eigenvalue weighted by molar-refractivity contribution is 0.171. The molecule has 0 saturated carbocycles. The molecule has 9 heteroatoms. The van der Waals surface area contributed by atoms with Crippen molar-refractivity contribution >= 4 is 15.8 Å². The highest BCUT2D eigenvalue weighted by Crippen LogP contribution is 2.33. The molecule has 8 nitrogen and oxygen atoms in total. The number of aromatic nitrogens is 2. The van der Waals surface area contributed by atoms with Gasteiger partial charge in [0, 0.05) is 36.6 Å². The monoisotopic (exact) mass is 440 g/mol. The number of fused-ring (bicyclic) bond motifs is 1. The quantitative estimate of drug-likeness (QED) is 0.582. The number of nitrogens with one attached hydrogen (secondary N) is 2. The molecule has 1 aliphatic heterocycles. The maximum atomic E-state index is 13.0. The second-order valence-corrected chi connectivity index (χ2v) is 9.08. The molecule has 2 aromatic carbocycles. The van der Waals surface area contributed by atoms with Gasteiger partial charge in [-0.3, -0.25) is 9.71 Å². The molecule has 0 spiro atoms. The average Bonchev–Trinajstić information content (AvgIpc) is 2.78. The van der Waals surface area contributed by atoms with Gasteiger partial charge in [0.05, 0.1) is 4.90 Å². The van der Waals surface area contributed by atoms with E-state index in [1.54, 1.807) is 6.07 Å². The van der Waals surface area contributed by atoms with Crippen molar-refractivity contribution in [2.45, 2.75) is 31.3 Å². The summed E-state index contributed by atoms with van der Waals surface area (Å²) in [7, 11) is -3.90. The van der Waals surface area contributed by atoms with Gasteiger partial charge in [-0.2, -0.15) is 0 Å². The lowest BCUT2D eigenvalue weighted by atomic mass is 10.1. The molecule has 3 aromatic rings. The normalized spacial score (nSPS) is 13.3. The van der Waals surface area contributed by atoms with Crippen LogP contribution in [0.4, 0.5) is 5.82 Å². The Kier molecular flexibility index (Phi) is 6.06. The predicted molar refractivity (Wildman–Crippen MR) is 118 cm³/mol. The molecule has 0 radical (unpaired) electrons. The van der Waals surface area contributed by atoms with E-state index in [0.29, 0.717) is 36.4 Å². The number of ether oxygens (including phenoxy) is 2. The Morgan fingerprint density at radius 3 is 2.42 bits per heavy atom. The van der Waals surface area contributed by atoms with E-state index in [0.717, 1.165) is 17.7 Å². The standard InChI is InChI=1S/C22H24N4O4S/c1-15(2)25-14-16-3-5-17(6-4-16)21-22(24-10-9-23-21)26-31(27,28)18-7-8-19-20(13-18)30-12-11-29-19/h3-10,13,15,25H,11-12,14H2,1-2H3,(H,24,26). The van der Waals surface area contributed by atoms with E-state index in [1.165, 1.54) is 24.5 Å². The zero-order chi connectivity index (χ0) is 21.8. The van der Waals surface area contributed by atoms with Gasteiger partial charge in [-0.25, -0.2) is 13.4 Å². The Balaban J connectivity index is 1.59. The Morgan fingerprint density at radius 2 is 1.68 bits per heavy atom. The van der Waals surface area contributed by atoms with Gasteiger partial charge < -0.3 is 14.8 Å². The van der Waals surface area contributed by atoms with Crippen LogP contribution in [0.2, 0.25) is 0 Å². The summed E-state index contributed by atoms with van der Waals surface area (Å²) in [5.41, 5.74) is 2.34. The van der Waals surface area contributed by atoms with Crippen LogP contribution in [-0.2, 0) is 16.6 Å². The highest BCUT2D eigenvalue weighted by molar-refractivity contribution is 7.92. The summed E-state index contributed by atoms with van der Waals surface area (Å²) in [6.07, 6.45) is 2.98. The van der Waals surface area contributed by atoms with Gasteiger partial charge in [-0.05, 0) is 17.7 Å². The fraction of sp³-hybridized carbons (Fsp3) is 0.273. The van der Waals surface area contributed by atoms with Crippen molar-refractivity contribution < 1.29 is 17.9 Å². The minimum absolute atomic E-state index is 0.0588. The zero-order valence-electron chi connectivity index (χ0n) is 17.3. The number of sulfonamides is 1. The van der Waals surface area contributed by atoms with E-state index < -0.39 is 10.0 Å². The number of nitrogens with zero attached hydrogens (tertiary/aromatic N) is 2. The zero-order valence-corrected chi connectivity index (χ0v) is 18.1. The molecule has 0 unspecified atom stereocenters. The molecule has 2 N–H and O–H groups in total. The van der Waals surface area contributed by atoms with Crippen molar-refractivity contribution in [1.29, 1.82) is 0 Å². The summed E-state index contributed by atoms with van der Waals surface area (Å²) in [6.45, 7) is 5.75. The van der Waals surface area contributed by atoms with Gasteiger partial charge in [0.2, 0.25) is 0 Å². The van der Waals surface area contributed by atoms with Crippen molar-refractivity contribution in [1.82, 2.24) is 15.3 Å². The SMILES string of the molecule is CC(C)NCc1ccc(-c2nccnc2NS(=O)(=O)c2ccc3c(c2)OCCO3)cc1. The molecular formula is C22H24N4O4S. The Morgan fingerprint density at radius 1 is 0.968 bits per heavy atom. The van der Waals surface area contributed by atoms with Crippen LogP contribution in [0.3, 0.4) is 0 Å². The average molecular weight is 441 g/mol. The number of hydrogen-bond acceptors (Lipinski definition) is 7. The van der Waals surface area contributed by atoms with Crippen molar-refractivity contribution in [3.63, 3.8) is 0 Å². The molecule has 0 saturated heterocycles. The third kappa shape index (κ3) is 4.95. The maximum Gasteiger partial charge on any atom is 0.263 e. The van der Waals surface area contributed by atoms with E-state index in [1.807, 2.05) is 24.3 Å². The smallest absolute Gasteiger partial charge is 0.263 e. The third-order valence-electron chi connectivity index (χ3n) is 4.70. The fourth-order valence-electron chi connectivity index (χ4n) is 3.10. The number of hydrogen-bond donors (Lipinski definition) is 2. The highest BCUT2D eigenvalue weighted by atomic mass is 32.2. The summed E-state index contributed by atoms with van der Waals surface area (Å²) in [5.74, 6) is 1.09. The van der Waals surface area contributed by atoms with Crippen molar-refractivity contribution in [3.8, 4) is 22.8 Å². The van der Waals surface area contributed by atoms with Crippen LogP contribution in [-0.4, -0.2) is 37.6 Å².